The van der Waals surface area contributed by atoms with Crippen molar-refractivity contribution in [3.63, 3.8) is 0 Å². The number of aromatic nitrogens is 2. The first-order valence-corrected chi connectivity index (χ1v) is 7.46. The van der Waals surface area contributed by atoms with Crippen molar-refractivity contribution in [2.75, 3.05) is 0 Å². The van der Waals surface area contributed by atoms with E-state index < -0.39 is 0 Å². The molecule has 0 aliphatic heterocycles. The molecule has 0 bridgehead atoms. The molecule has 0 amide bonds. The topological polar surface area (TPSA) is 31.6 Å². The normalized spacial score (nSPS) is 14.0. The summed E-state index contributed by atoms with van der Waals surface area (Å²) < 4.78 is 0. The molecule has 22 heavy (non-hydrogen) atoms. The predicted octanol–water partition coefficient (Wildman–Crippen LogP) is 5.13. The lowest BCUT2D eigenvalue weighted by molar-refractivity contribution is 1.45. The second kappa shape index (κ2) is 4.25. The quantitative estimate of drug-likeness (QED) is 0.511. The molecule has 2 nitrogen and oxygen atoms in total. The third-order valence-electron chi connectivity index (χ3n) is 4.42. The Balaban J connectivity index is 1.56. The van der Waals surface area contributed by atoms with Crippen LogP contribution in [0.4, 0.5) is 0 Å². The number of aromatic amines is 2. The SMILES string of the molecule is C1=C(c2c[nH]c3ccccc23)C=C1c1c[nH]c2ccccc12. The minimum absolute atomic E-state index is 1.19. The van der Waals surface area contributed by atoms with E-state index in [0.717, 1.165) is 0 Å². The molecule has 104 valence electrons. The first-order chi connectivity index (χ1) is 10.9. The lowest BCUT2D eigenvalue weighted by Gasteiger charge is -2.14. The van der Waals surface area contributed by atoms with E-state index in [-0.39, 0.29) is 0 Å². The van der Waals surface area contributed by atoms with Crippen molar-refractivity contribution in [2.45, 2.75) is 0 Å². The molecule has 0 spiro atoms. The molecule has 2 aromatic heterocycles. The number of fused-ring (bicyclic) bond motifs is 2. The Kier molecular flexibility index (Phi) is 2.25. The molecule has 0 saturated heterocycles. The maximum absolute atomic E-state index is 3.34. The van der Waals surface area contributed by atoms with E-state index in [0.29, 0.717) is 0 Å². The van der Waals surface area contributed by atoms with Crippen molar-refractivity contribution in [2.24, 2.45) is 0 Å². The van der Waals surface area contributed by atoms with E-state index in [2.05, 4.69) is 83.0 Å². The minimum Gasteiger partial charge on any atom is -0.361 e. The van der Waals surface area contributed by atoms with Crippen molar-refractivity contribution in [3.05, 3.63) is 84.2 Å². The predicted molar refractivity (Wildman–Crippen MR) is 92.6 cm³/mol. The van der Waals surface area contributed by atoms with Crippen LogP contribution in [0, 0.1) is 0 Å². The Hall–Kier alpha value is -3.00. The van der Waals surface area contributed by atoms with Gasteiger partial charge in [-0.3, -0.25) is 0 Å². The minimum atomic E-state index is 1.19. The monoisotopic (exact) mass is 282 g/mol. The summed E-state index contributed by atoms with van der Waals surface area (Å²) in [7, 11) is 0. The van der Waals surface area contributed by atoms with Crippen molar-refractivity contribution < 1.29 is 0 Å². The fourth-order valence-electron chi connectivity index (χ4n) is 3.25. The first kappa shape index (κ1) is 11.6. The molecule has 1 aliphatic rings. The van der Waals surface area contributed by atoms with Gasteiger partial charge >= 0.3 is 0 Å². The molecule has 0 atom stereocenters. The van der Waals surface area contributed by atoms with Crippen molar-refractivity contribution in [1.82, 2.24) is 9.97 Å². The fourth-order valence-corrected chi connectivity index (χ4v) is 3.25. The van der Waals surface area contributed by atoms with Gasteiger partial charge in [0, 0.05) is 45.3 Å². The van der Waals surface area contributed by atoms with E-state index in [4.69, 9.17) is 0 Å². The second-order valence-corrected chi connectivity index (χ2v) is 5.70. The summed E-state index contributed by atoms with van der Waals surface area (Å²) in [6, 6.07) is 16.9. The molecule has 2 heteroatoms. The van der Waals surface area contributed by atoms with E-state index >= 15 is 0 Å². The Morgan fingerprint density at radius 1 is 0.545 bits per heavy atom. The summed E-state index contributed by atoms with van der Waals surface area (Å²) >= 11 is 0. The number of benzene rings is 2. The first-order valence-electron chi connectivity index (χ1n) is 7.46. The zero-order valence-corrected chi connectivity index (χ0v) is 11.9. The molecule has 2 N–H and O–H groups in total. The molecule has 0 radical (unpaired) electrons. The van der Waals surface area contributed by atoms with Gasteiger partial charge in [0.15, 0.2) is 0 Å². The van der Waals surface area contributed by atoms with Crippen LogP contribution in [0.2, 0.25) is 0 Å². The molecule has 5 rings (SSSR count). The lowest BCUT2D eigenvalue weighted by Crippen LogP contribution is -1.93. The van der Waals surface area contributed by atoms with Crippen LogP contribution in [0.1, 0.15) is 11.1 Å². The zero-order chi connectivity index (χ0) is 14.5. The standard InChI is InChI=1S/C20H14N2/c1-3-7-19-15(5-1)17(11-21-19)13-9-14(10-13)18-12-22-20-8-4-2-6-16(18)20/h1-12,21-22H. The molecule has 0 fully saturated rings. The van der Waals surface area contributed by atoms with Gasteiger partial charge in [-0.2, -0.15) is 0 Å². The van der Waals surface area contributed by atoms with Gasteiger partial charge in [-0.15, -0.1) is 0 Å². The Bertz CT molecular complexity index is 980. The summed E-state index contributed by atoms with van der Waals surface area (Å²) in [6.07, 6.45) is 8.73. The van der Waals surface area contributed by atoms with E-state index in [1.54, 1.807) is 0 Å². The number of rotatable bonds is 2. The van der Waals surface area contributed by atoms with E-state index in [1.807, 2.05) is 0 Å². The summed E-state index contributed by atoms with van der Waals surface area (Å²) in [5, 5.41) is 2.56. The van der Waals surface area contributed by atoms with Crippen LogP contribution in [-0.2, 0) is 0 Å². The van der Waals surface area contributed by atoms with Gasteiger partial charge in [-0.05, 0) is 35.4 Å². The molecular weight excluding hydrogens is 268 g/mol. The van der Waals surface area contributed by atoms with Gasteiger partial charge in [0.25, 0.3) is 0 Å². The van der Waals surface area contributed by atoms with Gasteiger partial charge in [-0.25, -0.2) is 0 Å². The van der Waals surface area contributed by atoms with Gasteiger partial charge < -0.3 is 9.97 Å². The highest BCUT2D eigenvalue weighted by molar-refractivity contribution is 6.10. The highest BCUT2D eigenvalue weighted by Gasteiger charge is 2.17. The summed E-state index contributed by atoms with van der Waals surface area (Å²) in [6.45, 7) is 0. The summed E-state index contributed by atoms with van der Waals surface area (Å²) in [5.74, 6) is 0. The third kappa shape index (κ3) is 1.55. The van der Waals surface area contributed by atoms with Crippen molar-refractivity contribution >= 4 is 33.0 Å². The molecule has 2 heterocycles. The van der Waals surface area contributed by atoms with Crippen LogP contribution in [0.15, 0.2) is 73.1 Å². The molecule has 2 aromatic carbocycles. The van der Waals surface area contributed by atoms with Crippen LogP contribution >= 0.6 is 0 Å². The number of nitrogens with one attached hydrogen (secondary N) is 2. The summed E-state index contributed by atoms with van der Waals surface area (Å²) in [4.78, 5) is 6.68. The number of H-pyrrole nitrogens is 2. The smallest absolute Gasteiger partial charge is 0.0460 e. The molecule has 1 aliphatic carbocycles. The van der Waals surface area contributed by atoms with Gasteiger partial charge in [0.1, 0.15) is 0 Å². The highest BCUT2D eigenvalue weighted by atomic mass is 14.7. The van der Waals surface area contributed by atoms with Crippen molar-refractivity contribution in [3.8, 4) is 0 Å². The summed E-state index contributed by atoms with van der Waals surface area (Å²) in [5.41, 5.74) is 7.51. The van der Waals surface area contributed by atoms with Crippen LogP contribution in [0.5, 0.6) is 0 Å². The lowest BCUT2D eigenvalue weighted by atomic mass is 9.88. The van der Waals surface area contributed by atoms with Crippen LogP contribution in [-0.4, -0.2) is 9.97 Å². The van der Waals surface area contributed by atoms with E-state index in [1.165, 1.54) is 44.1 Å². The number of allylic oxidation sites excluding steroid dienone is 4. The number of para-hydroxylation sites is 2. The Labute approximate surface area is 127 Å². The maximum Gasteiger partial charge on any atom is 0.0460 e. The van der Waals surface area contributed by atoms with Crippen LogP contribution < -0.4 is 0 Å². The molecule has 0 unspecified atom stereocenters. The van der Waals surface area contributed by atoms with Crippen LogP contribution in [0.3, 0.4) is 0 Å². The third-order valence-corrected chi connectivity index (χ3v) is 4.42. The van der Waals surface area contributed by atoms with Crippen LogP contribution in [0.25, 0.3) is 33.0 Å². The Morgan fingerprint density at radius 3 is 1.50 bits per heavy atom. The van der Waals surface area contributed by atoms with Gasteiger partial charge in [0.2, 0.25) is 0 Å². The van der Waals surface area contributed by atoms with Crippen molar-refractivity contribution in [1.29, 1.82) is 0 Å². The Morgan fingerprint density at radius 2 is 1.00 bits per heavy atom. The highest BCUT2D eigenvalue weighted by Crippen LogP contribution is 2.38. The average molecular weight is 282 g/mol. The largest absolute Gasteiger partial charge is 0.361 e. The number of hydrogen-bond donors (Lipinski definition) is 2. The van der Waals surface area contributed by atoms with Gasteiger partial charge in [-0.1, -0.05) is 36.4 Å². The maximum atomic E-state index is 3.34. The number of hydrogen-bond acceptors (Lipinski definition) is 0. The fraction of sp³-hybridized carbons (Fsp3) is 0. The molecule has 4 aromatic rings. The second-order valence-electron chi connectivity index (χ2n) is 5.70. The average Bonchev–Trinajstić information content (AvgIpc) is 3.12. The van der Waals surface area contributed by atoms with Gasteiger partial charge in [0.05, 0.1) is 0 Å². The molecular formula is C20H14N2. The molecule has 0 saturated carbocycles. The van der Waals surface area contributed by atoms with E-state index in [9.17, 15) is 0 Å². The zero-order valence-electron chi connectivity index (χ0n) is 11.9.